The molecule has 1 N–H and O–H groups in total. The molecule has 5 unspecified atom stereocenters. The third-order valence-corrected chi connectivity index (χ3v) is 7.10. The van der Waals surface area contributed by atoms with Gasteiger partial charge in [-0.2, -0.15) is 0 Å². The number of amides is 3. The van der Waals surface area contributed by atoms with Crippen molar-refractivity contribution in [2.45, 2.75) is 52.0 Å². The van der Waals surface area contributed by atoms with E-state index in [2.05, 4.69) is 27.7 Å². The Labute approximate surface area is 162 Å². The van der Waals surface area contributed by atoms with Crippen LogP contribution >= 0.6 is 11.3 Å². The Bertz CT molecular complexity index is 786. The van der Waals surface area contributed by atoms with Gasteiger partial charge in [0.25, 0.3) is 0 Å². The summed E-state index contributed by atoms with van der Waals surface area (Å²) in [5, 5.41) is 12.1. The van der Waals surface area contributed by atoms with E-state index in [1.165, 1.54) is 16.2 Å². The van der Waals surface area contributed by atoms with Crippen LogP contribution in [-0.4, -0.2) is 38.9 Å². The Morgan fingerprint density at radius 3 is 2.22 bits per heavy atom. The molecule has 2 bridgehead atoms. The normalized spacial score (nSPS) is 30.1. The third kappa shape index (κ3) is 2.90. The van der Waals surface area contributed by atoms with Crippen molar-refractivity contribution in [2.75, 3.05) is 5.32 Å². The van der Waals surface area contributed by atoms with Crippen molar-refractivity contribution in [3.8, 4) is 0 Å². The summed E-state index contributed by atoms with van der Waals surface area (Å²) in [5.41, 5.74) is 0. The predicted octanol–water partition coefficient (Wildman–Crippen LogP) is 2.58. The molecular weight excluding hydrogens is 364 g/mol. The molecule has 7 nitrogen and oxygen atoms in total. The lowest BCUT2D eigenvalue weighted by Crippen LogP contribution is -2.47. The minimum absolute atomic E-state index is 0.124. The molecule has 2 heterocycles. The molecule has 5 atom stereocenters. The average Bonchev–Trinajstić information content (AvgIpc) is 3.23. The molecule has 1 saturated heterocycles. The summed E-state index contributed by atoms with van der Waals surface area (Å²) in [6, 6.07) is -0.804. The monoisotopic (exact) mass is 388 g/mol. The van der Waals surface area contributed by atoms with E-state index in [1.54, 1.807) is 0 Å². The van der Waals surface area contributed by atoms with Crippen LogP contribution in [0.4, 0.5) is 5.13 Å². The number of nitrogens with one attached hydrogen (secondary N) is 1. The molecule has 2 fully saturated rings. The molecule has 27 heavy (non-hydrogen) atoms. The second-order valence-electron chi connectivity index (χ2n) is 7.90. The quantitative estimate of drug-likeness (QED) is 0.618. The van der Waals surface area contributed by atoms with Crippen molar-refractivity contribution in [2.24, 2.45) is 23.7 Å². The minimum Gasteiger partial charge on any atom is -0.299 e. The maximum absolute atomic E-state index is 13.1. The number of rotatable bonds is 5. The molecule has 8 heteroatoms. The smallest absolute Gasteiger partial charge is 0.249 e. The average molecular weight is 388 g/mol. The molecule has 0 radical (unpaired) electrons. The van der Waals surface area contributed by atoms with Crippen LogP contribution in [0.5, 0.6) is 0 Å². The molecule has 5 rings (SSSR count). The summed E-state index contributed by atoms with van der Waals surface area (Å²) in [6.45, 7) is 5.83. The number of carbonyl (C=O) groups excluding carboxylic acids is 3. The first-order chi connectivity index (χ1) is 12.9. The number of aromatic nitrogens is 2. The van der Waals surface area contributed by atoms with Gasteiger partial charge in [-0.05, 0) is 31.1 Å². The van der Waals surface area contributed by atoms with Crippen LogP contribution in [0.2, 0.25) is 0 Å². The highest BCUT2D eigenvalue weighted by molar-refractivity contribution is 7.15. The maximum atomic E-state index is 13.1. The zero-order chi connectivity index (χ0) is 19.3. The first-order valence-electron chi connectivity index (χ1n) is 9.61. The van der Waals surface area contributed by atoms with Gasteiger partial charge in [0.2, 0.25) is 22.9 Å². The molecular formula is C19H24N4O3S. The summed E-state index contributed by atoms with van der Waals surface area (Å²) in [6.07, 6.45) is 6.43. The Balaban J connectivity index is 1.54. The molecule has 3 amide bonds. The van der Waals surface area contributed by atoms with Gasteiger partial charge in [-0.15, -0.1) is 10.2 Å². The lowest BCUT2D eigenvalue weighted by molar-refractivity contribution is -0.146. The standard InChI is InChI=1S/C19H24N4O3S/c1-4-12(15(24)20-19-22-21-16(27-19)9(2)3)23-17(25)13-10-5-6-11(8-7-10)14(13)18(23)26/h5-6,9-14H,4,7-8H2,1-3H3,(H,20,22,24). The largest absolute Gasteiger partial charge is 0.299 e. The molecule has 1 aromatic rings. The highest BCUT2D eigenvalue weighted by Gasteiger charge is 2.58. The topological polar surface area (TPSA) is 92.3 Å². The van der Waals surface area contributed by atoms with E-state index >= 15 is 0 Å². The van der Waals surface area contributed by atoms with Crippen LogP contribution in [-0.2, 0) is 14.4 Å². The first kappa shape index (κ1) is 18.3. The van der Waals surface area contributed by atoms with Crippen LogP contribution in [0.25, 0.3) is 0 Å². The number of likely N-dealkylation sites (tertiary alicyclic amines) is 1. The van der Waals surface area contributed by atoms with E-state index in [-0.39, 0.29) is 47.3 Å². The highest BCUT2D eigenvalue weighted by atomic mass is 32.1. The van der Waals surface area contributed by atoms with Crippen LogP contribution < -0.4 is 5.32 Å². The van der Waals surface area contributed by atoms with E-state index in [0.717, 1.165) is 17.8 Å². The molecule has 3 aliphatic carbocycles. The van der Waals surface area contributed by atoms with Gasteiger partial charge in [-0.3, -0.25) is 24.6 Å². The molecule has 0 aromatic carbocycles. The Kier molecular flexibility index (Phi) is 4.61. The minimum atomic E-state index is -0.804. The van der Waals surface area contributed by atoms with Gasteiger partial charge in [0, 0.05) is 5.92 Å². The summed E-state index contributed by atoms with van der Waals surface area (Å²) in [4.78, 5) is 40.2. The lowest BCUT2D eigenvalue weighted by atomic mass is 9.63. The number of hydrogen-bond acceptors (Lipinski definition) is 6. The fourth-order valence-electron chi connectivity index (χ4n) is 4.60. The second kappa shape index (κ2) is 6.82. The molecule has 1 aromatic heterocycles. The molecule has 1 aliphatic heterocycles. The summed E-state index contributed by atoms with van der Waals surface area (Å²) in [5.74, 6) is -0.864. The van der Waals surface area contributed by atoms with E-state index in [1.807, 2.05) is 20.8 Å². The molecule has 1 saturated carbocycles. The SMILES string of the molecule is CCC(C(=O)Nc1nnc(C(C)C)s1)N1C(=O)C2C3C=CC(CC3)C2C1=O. The number of carbonyl (C=O) groups is 3. The second-order valence-corrected chi connectivity index (χ2v) is 8.91. The fourth-order valence-corrected chi connectivity index (χ4v) is 5.35. The number of fused-ring (bicyclic) bond motifs is 1. The van der Waals surface area contributed by atoms with Crippen LogP contribution in [0, 0.1) is 23.7 Å². The highest BCUT2D eigenvalue weighted by Crippen LogP contribution is 2.50. The van der Waals surface area contributed by atoms with Gasteiger partial charge in [0.05, 0.1) is 11.8 Å². The van der Waals surface area contributed by atoms with Crippen molar-refractivity contribution >= 4 is 34.2 Å². The van der Waals surface area contributed by atoms with Crippen LogP contribution in [0.15, 0.2) is 12.2 Å². The van der Waals surface area contributed by atoms with E-state index in [9.17, 15) is 14.4 Å². The first-order valence-corrected chi connectivity index (χ1v) is 10.4. The van der Waals surface area contributed by atoms with Crippen molar-refractivity contribution < 1.29 is 14.4 Å². The lowest BCUT2D eigenvalue weighted by Gasteiger charge is -2.38. The van der Waals surface area contributed by atoms with Gasteiger partial charge in [-0.1, -0.05) is 44.3 Å². The van der Waals surface area contributed by atoms with Crippen molar-refractivity contribution in [1.29, 1.82) is 0 Å². The van der Waals surface area contributed by atoms with Crippen LogP contribution in [0.3, 0.4) is 0 Å². The molecule has 0 spiro atoms. The number of allylic oxidation sites excluding steroid dienone is 2. The van der Waals surface area contributed by atoms with Gasteiger partial charge in [-0.25, -0.2) is 0 Å². The van der Waals surface area contributed by atoms with Gasteiger partial charge >= 0.3 is 0 Å². The van der Waals surface area contributed by atoms with E-state index in [4.69, 9.17) is 0 Å². The summed E-state index contributed by atoms with van der Waals surface area (Å²) in [7, 11) is 0. The number of nitrogens with zero attached hydrogens (tertiary/aromatic N) is 3. The zero-order valence-corrected chi connectivity index (χ0v) is 16.5. The Morgan fingerprint density at radius 2 is 1.78 bits per heavy atom. The maximum Gasteiger partial charge on any atom is 0.249 e. The van der Waals surface area contributed by atoms with Crippen molar-refractivity contribution in [1.82, 2.24) is 15.1 Å². The summed E-state index contributed by atoms with van der Waals surface area (Å²) >= 11 is 1.32. The van der Waals surface area contributed by atoms with Crippen LogP contribution in [0.1, 0.15) is 51.0 Å². The zero-order valence-electron chi connectivity index (χ0n) is 15.7. The van der Waals surface area contributed by atoms with E-state index in [0.29, 0.717) is 11.6 Å². The van der Waals surface area contributed by atoms with Crippen molar-refractivity contribution in [3.63, 3.8) is 0 Å². The van der Waals surface area contributed by atoms with Gasteiger partial charge in [0.15, 0.2) is 0 Å². The Hall–Kier alpha value is -2.09. The number of hydrogen-bond donors (Lipinski definition) is 1. The van der Waals surface area contributed by atoms with Gasteiger partial charge < -0.3 is 0 Å². The van der Waals surface area contributed by atoms with E-state index < -0.39 is 6.04 Å². The predicted molar refractivity (Wildman–Crippen MR) is 101 cm³/mol. The fraction of sp³-hybridized carbons (Fsp3) is 0.632. The number of anilines is 1. The Morgan fingerprint density at radius 1 is 1.19 bits per heavy atom. The van der Waals surface area contributed by atoms with Crippen molar-refractivity contribution in [3.05, 3.63) is 17.2 Å². The van der Waals surface area contributed by atoms with Gasteiger partial charge in [0.1, 0.15) is 11.0 Å². The molecule has 144 valence electrons. The molecule has 4 aliphatic rings. The third-order valence-electron chi connectivity index (χ3n) is 5.96. The number of imide groups is 1. The summed E-state index contributed by atoms with van der Waals surface area (Å²) < 4.78 is 0.